The van der Waals surface area contributed by atoms with Crippen molar-refractivity contribution in [1.82, 2.24) is 5.32 Å². The highest BCUT2D eigenvalue weighted by atomic mass is 16.3. The summed E-state index contributed by atoms with van der Waals surface area (Å²) in [4.78, 5) is 0. The first-order valence-electron chi connectivity index (χ1n) is 5.42. The number of nitrogens with one attached hydrogen (secondary N) is 1. The number of hydrogen-bond acceptors (Lipinski definition) is 4. The Kier molecular flexibility index (Phi) is 5.39. The van der Waals surface area contributed by atoms with Crippen LogP contribution in [0, 0.1) is 0 Å². The Bertz CT molecular complexity index is 249. The normalized spacial score (nSPS) is 15.1. The molecule has 4 heteroatoms. The van der Waals surface area contributed by atoms with Crippen molar-refractivity contribution in [2.75, 3.05) is 13.2 Å². The van der Waals surface area contributed by atoms with E-state index in [0.717, 1.165) is 18.6 Å². The summed E-state index contributed by atoms with van der Waals surface area (Å²) in [7, 11) is 0. The second-order valence-corrected chi connectivity index (χ2v) is 3.59. The summed E-state index contributed by atoms with van der Waals surface area (Å²) in [6, 6.07) is 4.09. The third-order valence-electron chi connectivity index (χ3n) is 2.53. The molecule has 1 aromatic rings. The fourth-order valence-corrected chi connectivity index (χ4v) is 1.60. The van der Waals surface area contributed by atoms with Crippen LogP contribution in [-0.4, -0.2) is 24.3 Å². The van der Waals surface area contributed by atoms with E-state index in [0.29, 0.717) is 6.54 Å². The fraction of sp³-hybridized carbons (Fsp3) is 0.636. The quantitative estimate of drug-likeness (QED) is 0.631. The van der Waals surface area contributed by atoms with Crippen molar-refractivity contribution in [2.24, 2.45) is 5.73 Å². The van der Waals surface area contributed by atoms with Crippen LogP contribution in [0.2, 0.25) is 0 Å². The Balaban J connectivity index is 2.52. The van der Waals surface area contributed by atoms with E-state index in [4.69, 9.17) is 15.3 Å². The van der Waals surface area contributed by atoms with Crippen molar-refractivity contribution in [2.45, 2.75) is 31.8 Å². The van der Waals surface area contributed by atoms with E-state index in [1.165, 1.54) is 0 Å². The van der Waals surface area contributed by atoms with Crippen LogP contribution in [-0.2, 0) is 0 Å². The highest BCUT2D eigenvalue weighted by Gasteiger charge is 2.16. The molecule has 0 saturated heterocycles. The minimum absolute atomic E-state index is 0.0384. The SMILES string of the molecule is CCC(CCO)NC(CN)c1ccco1. The van der Waals surface area contributed by atoms with Crippen LogP contribution >= 0.6 is 0 Å². The first-order valence-corrected chi connectivity index (χ1v) is 5.42. The minimum Gasteiger partial charge on any atom is -0.468 e. The maximum Gasteiger partial charge on any atom is 0.121 e. The summed E-state index contributed by atoms with van der Waals surface area (Å²) in [5, 5.41) is 12.3. The molecule has 2 atom stereocenters. The molecule has 1 aromatic heterocycles. The second-order valence-electron chi connectivity index (χ2n) is 3.59. The lowest BCUT2D eigenvalue weighted by molar-refractivity contribution is 0.251. The van der Waals surface area contributed by atoms with Gasteiger partial charge in [0.15, 0.2) is 0 Å². The molecule has 0 radical (unpaired) electrons. The van der Waals surface area contributed by atoms with Gasteiger partial charge < -0.3 is 20.6 Å². The molecule has 1 heterocycles. The summed E-state index contributed by atoms with van der Waals surface area (Å²) < 4.78 is 5.31. The Morgan fingerprint density at radius 1 is 1.60 bits per heavy atom. The van der Waals surface area contributed by atoms with Gasteiger partial charge in [0.05, 0.1) is 12.3 Å². The number of aliphatic hydroxyl groups excluding tert-OH is 1. The van der Waals surface area contributed by atoms with E-state index in [1.807, 2.05) is 12.1 Å². The lowest BCUT2D eigenvalue weighted by Gasteiger charge is -2.22. The zero-order valence-corrected chi connectivity index (χ0v) is 9.15. The van der Waals surface area contributed by atoms with Crippen LogP contribution in [0.4, 0.5) is 0 Å². The van der Waals surface area contributed by atoms with Gasteiger partial charge in [-0.2, -0.15) is 0 Å². The summed E-state index contributed by atoms with van der Waals surface area (Å²) in [6.45, 7) is 2.78. The molecule has 0 saturated carbocycles. The number of furan rings is 1. The minimum atomic E-state index is 0.0384. The predicted octanol–water partition coefficient (Wildman–Crippen LogP) is 1.03. The maximum absolute atomic E-state index is 8.89. The third kappa shape index (κ3) is 3.66. The molecule has 0 spiro atoms. The van der Waals surface area contributed by atoms with Gasteiger partial charge in [0.1, 0.15) is 5.76 Å². The summed E-state index contributed by atoms with van der Waals surface area (Å²) in [6.07, 6.45) is 3.36. The van der Waals surface area contributed by atoms with Crippen molar-refractivity contribution in [3.8, 4) is 0 Å². The Labute approximate surface area is 90.5 Å². The fourth-order valence-electron chi connectivity index (χ4n) is 1.60. The van der Waals surface area contributed by atoms with E-state index in [-0.39, 0.29) is 18.7 Å². The molecular weight excluding hydrogens is 192 g/mol. The summed E-state index contributed by atoms with van der Waals surface area (Å²) in [5.41, 5.74) is 5.68. The third-order valence-corrected chi connectivity index (χ3v) is 2.53. The van der Waals surface area contributed by atoms with Gasteiger partial charge in [-0.3, -0.25) is 0 Å². The summed E-state index contributed by atoms with van der Waals surface area (Å²) in [5.74, 6) is 0.855. The van der Waals surface area contributed by atoms with Gasteiger partial charge in [0.2, 0.25) is 0 Å². The molecule has 15 heavy (non-hydrogen) atoms. The zero-order chi connectivity index (χ0) is 11.1. The molecule has 0 aliphatic carbocycles. The van der Waals surface area contributed by atoms with Gasteiger partial charge >= 0.3 is 0 Å². The standard InChI is InChI=1S/C11H20N2O2/c1-2-9(5-6-14)13-10(8-12)11-4-3-7-15-11/h3-4,7,9-10,13-14H,2,5-6,8,12H2,1H3. The number of aliphatic hydroxyl groups is 1. The molecule has 1 rings (SSSR count). The Hall–Kier alpha value is -0.840. The molecule has 0 aliphatic heterocycles. The van der Waals surface area contributed by atoms with E-state index in [2.05, 4.69) is 12.2 Å². The predicted molar refractivity (Wildman–Crippen MR) is 59.4 cm³/mol. The van der Waals surface area contributed by atoms with Crippen LogP contribution in [0.25, 0.3) is 0 Å². The average molecular weight is 212 g/mol. The van der Waals surface area contributed by atoms with E-state index < -0.39 is 0 Å². The van der Waals surface area contributed by atoms with Gasteiger partial charge in [-0.15, -0.1) is 0 Å². The van der Waals surface area contributed by atoms with Gasteiger partial charge in [0.25, 0.3) is 0 Å². The van der Waals surface area contributed by atoms with Crippen LogP contribution in [0.1, 0.15) is 31.6 Å². The molecule has 86 valence electrons. The van der Waals surface area contributed by atoms with E-state index >= 15 is 0 Å². The van der Waals surface area contributed by atoms with Crippen LogP contribution in [0.15, 0.2) is 22.8 Å². The number of nitrogens with two attached hydrogens (primary N) is 1. The lowest BCUT2D eigenvalue weighted by atomic mass is 10.1. The van der Waals surface area contributed by atoms with Crippen molar-refractivity contribution in [3.05, 3.63) is 24.2 Å². The second kappa shape index (κ2) is 6.61. The molecule has 2 unspecified atom stereocenters. The maximum atomic E-state index is 8.89. The van der Waals surface area contributed by atoms with E-state index in [9.17, 15) is 0 Å². The smallest absolute Gasteiger partial charge is 0.121 e. The van der Waals surface area contributed by atoms with Crippen molar-refractivity contribution in [1.29, 1.82) is 0 Å². The van der Waals surface area contributed by atoms with Gasteiger partial charge in [0, 0.05) is 19.2 Å². The van der Waals surface area contributed by atoms with Gasteiger partial charge in [-0.25, -0.2) is 0 Å². The molecule has 0 bridgehead atoms. The summed E-state index contributed by atoms with van der Waals surface area (Å²) >= 11 is 0. The molecular formula is C11H20N2O2. The lowest BCUT2D eigenvalue weighted by Crippen LogP contribution is -2.36. The van der Waals surface area contributed by atoms with Crippen molar-refractivity contribution in [3.63, 3.8) is 0 Å². The molecule has 0 amide bonds. The topological polar surface area (TPSA) is 71.4 Å². The number of rotatable bonds is 7. The molecule has 0 aliphatic rings. The molecule has 4 nitrogen and oxygen atoms in total. The highest BCUT2D eigenvalue weighted by Crippen LogP contribution is 2.14. The van der Waals surface area contributed by atoms with Gasteiger partial charge in [-0.1, -0.05) is 6.92 Å². The van der Waals surface area contributed by atoms with Gasteiger partial charge in [-0.05, 0) is 25.0 Å². The van der Waals surface area contributed by atoms with Crippen molar-refractivity contribution >= 4 is 0 Å². The Morgan fingerprint density at radius 2 is 2.40 bits per heavy atom. The molecule has 4 N–H and O–H groups in total. The van der Waals surface area contributed by atoms with Crippen LogP contribution in [0.3, 0.4) is 0 Å². The van der Waals surface area contributed by atoms with Crippen LogP contribution < -0.4 is 11.1 Å². The van der Waals surface area contributed by atoms with Crippen LogP contribution in [0.5, 0.6) is 0 Å². The molecule has 0 aromatic carbocycles. The average Bonchev–Trinajstić information content (AvgIpc) is 2.77. The number of hydrogen-bond donors (Lipinski definition) is 3. The monoisotopic (exact) mass is 212 g/mol. The largest absolute Gasteiger partial charge is 0.468 e. The van der Waals surface area contributed by atoms with E-state index in [1.54, 1.807) is 6.26 Å². The van der Waals surface area contributed by atoms with Crippen molar-refractivity contribution < 1.29 is 9.52 Å². The zero-order valence-electron chi connectivity index (χ0n) is 9.15. The highest BCUT2D eigenvalue weighted by molar-refractivity contribution is 5.05. The molecule has 0 fully saturated rings. The first-order chi connectivity index (χ1) is 7.31. The first kappa shape index (κ1) is 12.2. The Morgan fingerprint density at radius 3 is 2.87 bits per heavy atom.